The monoisotopic (exact) mass is 519 g/mol. The lowest BCUT2D eigenvalue weighted by molar-refractivity contribution is 0.355. The van der Waals surface area contributed by atoms with E-state index in [1.165, 1.54) is 29.3 Å². The second-order valence-corrected chi connectivity index (χ2v) is 10.0. The Hall–Kier alpha value is -3.63. The van der Waals surface area contributed by atoms with Crippen molar-refractivity contribution in [1.82, 2.24) is 24.7 Å². The molecule has 8 nitrogen and oxygen atoms in total. The summed E-state index contributed by atoms with van der Waals surface area (Å²) < 4.78 is 12.9. The van der Waals surface area contributed by atoms with E-state index in [2.05, 4.69) is 60.4 Å². The summed E-state index contributed by atoms with van der Waals surface area (Å²) in [5, 5.41) is 12.3. The molecule has 0 saturated carbocycles. The Bertz CT molecular complexity index is 1510. The van der Waals surface area contributed by atoms with Gasteiger partial charge < -0.3 is 19.0 Å². The Labute approximate surface area is 216 Å². The smallest absolute Gasteiger partial charge is 0.258 e. The highest BCUT2D eigenvalue weighted by molar-refractivity contribution is 7.98. The second-order valence-electron chi connectivity index (χ2n) is 8.07. The lowest BCUT2D eigenvalue weighted by Gasteiger charge is -2.11. The van der Waals surface area contributed by atoms with Crippen LogP contribution in [0.2, 0.25) is 0 Å². The molecule has 0 aliphatic carbocycles. The first kappa shape index (κ1) is 24.1. The van der Waals surface area contributed by atoms with Crippen LogP contribution in [0.3, 0.4) is 0 Å². The van der Waals surface area contributed by atoms with Gasteiger partial charge in [-0.25, -0.2) is 4.98 Å². The Morgan fingerprint density at radius 2 is 1.83 bits per heavy atom. The minimum absolute atomic E-state index is 0.222. The summed E-state index contributed by atoms with van der Waals surface area (Å²) in [6.07, 6.45) is 1.60. The first-order chi connectivity index (χ1) is 17.6. The number of aryl methyl sites for hydroxylation is 1. The van der Waals surface area contributed by atoms with Crippen molar-refractivity contribution >= 4 is 34.0 Å². The zero-order chi connectivity index (χ0) is 24.9. The van der Waals surface area contributed by atoms with Crippen LogP contribution in [0.15, 0.2) is 69.9 Å². The molecule has 0 amide bonds. The van der Waals surface area contributed by atoms with Gasteiger partial charge in [-0.2, -0.15) is 0 Å². The number of aromatic amines is 1. The standard InChI is InChI=1S/C26H25N5O3S2/c1-33-21-14-19-20(15-22(21)34-2)27-23(28-25(19)32)16-36-26-30-29-24(13-18-9-6-12-35-18)31(26)11-10-17-7-4-3-5-8-17/h3-9,12,14-15H,10-11,13,16H2,1-2H3,(H,27,28,32). The molecule has 0 spiro atoms. The fraction of sp³-hybridized carbons (Fsp3) is 0.231. The lowest BCUT2D eigenvalue weighted by atomic mass is 10.1. The molecule has 0 atom stereocenters. The maximum absolute atomic E-state index is 12.8. The number of aromatic nitrogens is 5. The molecule has 10 heteroatoms. The maximum Gasteiger partial charge on any atom is 0.258 e. The average Bonchev–Trinajstić information content (AvgIpc) is 3.56. The predicted molar refractivity (Wildman–Crippen MR) is 142 cm³/mol. The largest absolute Gasteiger partial charge is 0.493 e. The van der Waals surface area contributed by atoms with Gasteiger partial charge in [0, 0.05) is 23.9 Å². The van der Waals surface area contributed by atoms with E-state index in [0.29, 0.717) is 34.0 Å². The van der Waals surface area contributed by atoms with E-state index in [1.807, 2.05) is 12.1 Å². The minimum atomic E-state index is -0.222. The summed E-state index contributed by atoms with van der Waals surface area (Å²) in [6, 6.07) is 17.9. The third-order valence-corrected chi connectivity index (χ3v) is 7.62. The van der Waals surface area contributed by atoms with Crippen LogP contribution in [-0.2, 0) is 25.1 Å². The van der Waals surface area contributed by atoms with Gasteiger partial charge in [-0.15, -0.1) is 21.5 Å². The normalized spacial score (nSPS) is 11.2. The number of methoxy groups -OCH3 is 2. The number of fused-ring (bicyclic) bond motifs is 1. The third kappa shape index (κ3) is 5.29. The number of rotatable bonds is 10. The van der Waals surface area contributed by atoms with E-state index in [-0.39, 0.29) is 5.56 Å². The van der Waals surface area contributed by atoms with Crippen molar-refractivity contribution in [1.29, 1.82) is 0 Å². The first-order valence-electron chi connectivity index (χ1n) is 11.4. The molecular weight excluding hydrogens is 494 g/mol. The van der Waals surface area contributed by atoms with Gasteiger partial charge >= 0.3 is 0 Å². The summed E-state index contributed by atoms with van der Waals surface area (Å²) in [4.78, 5) is 21.5. The van der Waals surface area contributed by atoms with Gasteiger partial charge in [0.1, 0.15) is 11.6 Å². The van der Waals surface area contributed by atoms with Gasteiger partial charge in [0.2, 0.25) is 0 Å². The Morgan fingerprint density at radius 3 is 2.58 bits per heavy atom. The van der Waals surface area contributed by atoms with E-state index in [4.69, 9.17) is 9.47 Å². The topological polar surface area (TPSA) is 94.9 Å². The summed E-state index contributed by atoms with van der Waals surface area (Å²) in [6.45, 7) is 0.763. The maximum atomic E-state index is 12.8. The molecule has 3 aromatic heterocycles. The third-order valence-electron chi connectivity index (χ3n) is 5.77. The van der Waals surface area contributed by atoms with Crippen LogP contribution in [0.5, 0.6) is 11.5 Å². The zero-order valence-corrected chi connectivity index (χ0v) is 21.6. The van der Waals surface area contributed by atoms with Crippen LogP contribution < -0.4 is 15.0 Å². The number of nitrogens with zero attached hydrogens (tertiary/aromatic N) is 4. The zero-order valence-electron chi connectivity index (χ0n) is 19.9. The fourth-order valence-electron chi connectivity index (χ4n) is 3.95. The van der Waals surface area contributed by atoms with Gasteiger partial charge in [0.15, 0.2) is 16.7 Å². The molecule has 0 bridgehead atoms. The number of H-pyrrole nitrogens is 1. The number of benzene rings is 2. The van der Waals surface area contributed by atoms with Gasteiger partial charge in [-0.05, 0) is 29.5 Å². The number of thioether (sulfide) groups is 1. The Kier molecular flexibility index (Phi) is 7.33. The molecule has 2 aromatic carbocycles. The van der Waals surface area contributed by atoms with Crippen molar-refractivity contribution in [2.45, 2.75) is 30.3 Å². The van der Waals surface area contributed by atoms with Crippen molar-refractivity contribution in [3.05, 3.63) is 92.4 Å². The van der Waals surface area contributed by atoms with Crippen LogP contribution in [-0.4, -0.2) is 39.0 Å². The van der Waals surface area contributed by atoms with Crippen LogP contribution in [0.25, 0.3) is 10.9 Å². The van der Waals surface area contributed by atoms with E-state index in [9.17, 15) is 4.79 Å². The Morgan fingerprint density at radius 1 is 1.03 bits per heavy atom. The lowest BCUT2D eigenvalue weighted by Crippen LogP contribution is -2.12. The highest BCUT2D eigenvalue weighted by Crippen LogP contribution is 2.30. The molecule has 0 saturated heterocycles. The molecule has 5 rings (SSSR count). The van der Waals surface area contributed by atoms with Crippen LogP contribution in [0, 0.1) is 0 Å². The van der Waals surface area contributed by atoms with E-state index < -0.39 is 0 Å². The van der Waals surface area contributed by atoms with E-state index in [0.717, 1.165) is 30.4 Å². The summed E-state index contributed by atoms with van der Waals surface area (Å²) in [7, 11) is 3.10. The van der Waals surface area contributed by atoms with Crippen LogP contribution in [0.1, 0.15) is 22.1 Å². The molecule has 1 N–H and O–H groups in total. The SMILES string of the molecule is COc1cc2nc(CSc3nnc(Cc4cccs4)n3CCc3ccccc3)[nH]c(=O)c2cc1OC. The van der Waals surface area contributed by atoms with E-state index >= 15 is 0 Å². The number of thiophene rings is 1. The first-order valence-corrected chi connectivity index (χ1v) is 13.3. The number of hydrogen-bond acceptors (Lipinski definition) is 8. The van der Waals surface area contributed by atoms with Gasteiger partial charge in [0.05, 0.1) is 30.9 Å². The van der Waals surface area contributed by atoms with E-state index in [1.54, 1.807) is 30.6 Å². The van der Waals surface area contributed by atoms with Gasteiger partial charge in [0.25, 0.3) is 5.56 Å². The molecule has 5 aromatic rings. The highest BCUT2D eigenvalue weighted by atomic mass is 32.2. The number of nitrogens with one attached hydrogen (secondary N) is 1. The average molecular weight is 520 g/mol. The van der Waals surface area contributed by atoms with Crippen molar-refractivity contribution in [2.75, 3.05) is 14.2 Å². The van der Waals surface area contributed by atoms with Crippen molar-refractivity contribution < 1.29 is 9.47 Å². The molecule has 0 radical (unpaired) electrons. The molecule has 184 valence electrons. The van der Waals surface area contributed by atoms with Gasteiger partial charge in [-0.3, -0.25) is 4.79 Å². The predicted octanol–water partition coefficient (Wildman–Crippen LogP) is 4.72. The molecule has 0 fully saturated rings. The van der Waals surface area contributed by atoms with Crippen LogP contribution >= 0.6 is 23.1 Å². The quantitative estimate of drug-likeness (QED) is 0.267. The molecule has 0 unspecified atom stereocenters. The fourth-order valence-corrected chi connectivity index (χ4v) is 5.51. The number of hydrogen-bond donors (Lipinski definition) is 1. The minimum Gasteiger partial charge on any atom is -0.493 e. The van der Waals surface area contributed by atoms with Crippen molar-refractivity contribution in [3.63, 3.8) is 0 Å². The summed E-state index contributed by atoms with van der Waals surface area (Å²) in [5.41, 5.74) is 1.59. The molecule has 0 aliphatic heterocycles. The Balaban J connectivity index is 1.40. The molecule has 36 heavy (non-hydrogen) atoms. The number of ether oxygens (including phenoxy) is 2. The van der Waals surface area contributed by atoms with Crippen molar-refractivity contribution in [3.8, 4) is 11.5 Å². The summed E-state index contributed by atoms with van der Waals surface area (Å²) >= 11 is 3.22. The van der Waals surface area contributed by atoms with Crippen molar-refractivity contribution in [2.24, 2.45) is 0 Å². The summed E-state index contributed by atoms with van der Waals surface area (Å²) in [5.74, 6) is 2.95. The van der Waals surface area contributed by atoms with Crippen LogP contribution in [0.4, 0.5) is 0 Å². The second kappa shape index (κ2) is 11.0. The molecular formula is C26H25N5O3S2. The molecule has 3 heterocycles. The highest BCUT2D eigenvalue weighted by Gasteiger charge is 2.16. The van der Waals surface area contributed by atoms with Gasteiger partial charge in [-0.1, -0.05) is 48.2 Å². The molecule has 0 aliphatic rings.